The van der Waals surface area contributed by atoms with E-state index in [1.165, 1.54) is 5.56 Å². The molecule has 0 aliphatic heterocycles. The molecule has 0 saturated carbocycles. The third-order valence-corrected chi connectivity index (χ3v) is 3.97. The van der Waals surface area contributed by atoms with Crippen molar-refractivity contribution in [2.75, 3.05) is 10.6 Å². The van der Waals surface area contributed by atoms with E-state index in [0.29, 0.717) is 18.2 Å². The van der Waals surface area contributed by atoms with Crippen LogP contribution < -0.4 is 10.6 Å². The zero-order valence-electron chi connectivity index (χ0n) is 15.2. The van der Waals surface area contributed by atoms with E-state index in [1.54, 1.807) is 6.07 Å². The van der Waals surface area contributed by atoms with Crippen molar-refractivity contribution in [1.82, 2.24) is 9.97 Å². The van der Waals surface area contributed by atoms with Crippen molar-refractivity contribution in [3.63, 3.8) is 0 Å². The molecule has 2 N–H and O–H groups in total. The van der Waals surface area contributed by atoms with Gasteiger partial charge in [-0.05, 0) is 44.5 Å². The van der Waals surface area contributed by atoms with Crippen LogP contribution in [-0.4, -0.2) is 15.9 Å². The molecule has 0 fully saturated rings. The summed E-state index contributed by atoms with van der Waals surface area (Å²) < 4.78 is 0. The standard InChI is InChI=1S/C21H22N4O/c1-14-4-8-17(9-5-14)13-22-21-23-16(3)12-19(25-21)20(26)24-18-10-6-15(2)7-11-18/h4-12H,13H2,1-3H3,(H,24,26)(H,22,23,25). The summed E-state index contributed by atoms with van der Waals surface area (Å²) in [6.45, 7) is 6.51. The van der Waals surface area contributed by atoms with Gasteiger partial charge in [-0.2, -0.15) is 0 Å². The highest BCUT2D eigenvalue weighted by Crippen LogP contribution is 2.12. The largest absolute Gasteiger partial charge is 0.350 e. The predicted octanol–water partition coefficient (Wildman–Crippen LogP) is 4.27. The molecule has 0 spiro atoms. The lowest BCUT2D eigenvalue weighted by Gasteiger charge is -2.09. The average Bonchev–Trinajstić information content (AvgIpc) is 2.63. The third kappa shape index (κ3) is 4.66. The van der Waals surface area contributed by atoms with Crippen LogP contribution in [0.1, 0.15) is 32.9 Å². The van der Waals surface area contributed by atoms with Gasteiger partial charge in [-0.1, -0.05) is 47.5 Å². The Morgan fingerprint density at radius 2 is 1.50 bits per heavy atom. The number of aryl methyl sites for hydroxylation is 3. The van der Waals surface area contributed by atoms with Crippen LogP contribution in [0.3, 0.4) is 0 Å². The highest BCUT2D eigenvalue weighted by Gasteiger charge is 2.11. The van der Waals surface area contributed by atoms with Gasteiger partial charge in [0.2, 0.25) is 5.95 Å². The second-order valence-corrected chi connectivity index (χ2v) is 6.38. The van der Waals surface area contributed by atoms with Crippen LogP contribution in [0.5, 0.6) is 0 Å². The monoisotopic (exact) mass is 346 g/mol. The first kappa shape index (κ1) is 17.6. The summed E-state index contributed by atoms with van der Waals surface area (Å²) in [6, 6.07) is 17.6. The normalized spacial score (nSPS) is 10.4. The van der Waals surface area contributed by atoms with Crippen molar-refractivity contribution in [2.45, 2.75) is 27.3 Å². The first-order valence-corrected chi connectivity index (χ1v) is 8.53. The van der Waals surface area contributed by atoms with Crippen LogP contribution in [0, 0.1) is 20.8 Å². The van der Waals surface area contributed by atoms with Gasteiger partial charge in [-0.15, -0.1) is 0 Å². The number of nitrogens with zero attached hydrogens (tertiary/aromatic N) is 2. The van der Waals surface area contributed by atoms with E-state index in [9.17, 15) is 4.79 Å². The van der Waals surface area contributed by atoms with Gasteiger partial charge >= 0.3 is 0 Å². The predicted molar refractivity (Wildman–Crippen MR) is 104 cm³/mol. The second-order valence-electron chi connectivity index (χ2n) is 6.38. The van der Waals surface area contributed by atoms with Gasteiger partial charge in [0.05, 0.1) is 0 Å². The van der Waals surface area contributed by atoms with Crippen molar-refractivity contribution in [3.05, 3.63) is 82.7 Å². The van der Waals surface area contributed by atoms with Crippen molar-refractivity contribution in [1.29, 1.82) is 0 Å². The van der Waals surface area contributed by atoms with Crippen molar-refractivity contribution in [2.24, 2.45) is 0 Å². The van der Waals surface area contributed by atoms with E-state index < -0.39 is 0 Å². The first-order valence-electron chi connectivity index (χ1n) is 8.53. The molecular weight excluding hydrogens is 324 g/mol. The van der Waals surface area contributed by atoms with Crippen molar-refractivity contribution in [3.8, 4) is 0 Å². The molecular formula is C21H22N4O. The summed E-state index contributed by atoms with van der Waals surface area (Å²) in [5.41, 5.74) is 5.31. The van der Waals surface area contributed by atoms with Crippen LogP contribution in [0.15, 0.2) is 54.6 Å². The number of amides is 1. The molecule has 2 aromatic carbocycles. The summed E-state index contributed by atoms with van der Waals surface area (Å²) in [6.07, 6.45) is 0. The molecule has 5 nitrogen and oxygen atoms in total. The summed E-state index contributed by atoms with van der Waals surface area (Å²) in [5.74, 6) is 0.192. The molecule has 0 unspecified atom stereocenters. The zero-order chi connectivity index (χ0) is 18.5. The lowest BCUT2D eigenvalue weighted by molar-refractivity contribution is 0.102. The SMILES string of the molecule is Cc1ccc(CNc2nc(C)cc(C(=O)Nc3ccc(C)cc3)n2)cc1. The van der Waals surface area contributed by atoms with E-state index in [0.717, 1.165) is 22.5 Å². The van der Waals surface area contributed by atoms with E-state index in [-0.39, 0.29) is 5.91 Å². The Labute approximate surface area is 153 Å². The smallest absolute Gasteiger partial charge is 0.274 e. The minimum atomic E-state index is -0.252. The Bertz CT molecular complexity index is 902. The van der Waals surface area contributed by atoms with Gasteiger partial charge in [0, 0.05) is 17.9 Å². The summed E-state index contributed by atoms with van der Waals surface area (Å²) in [5, 5.41) is 6.05. The molecule has 1 amide bonds. The quantitative estimate of drug-likeness (QED) is 0.724. The van der Waals surface area contributed by atoms with Crippen LogP contribution in [-0.2, 0) is 6.54 Å². The maximum atomic E-state index is 12.5. The van der Waals surface area contributed by atoms with E-state index >= 15 is 0 Å². The van der Waals surface area contributed by atoms with Gasteiger partial charge in [0.25, 0.3) is 5.91 Å². The number of benzene rings is 2. The number of carbonyl (C=O) groups is 1. The Morgan fingerprint density at radius 1 is 0.885 bits per heavy atom. The fraction of sp³-hybridized carbons (Fsp3) is 0.190. The minimum Gasteiger partial charge on any atom is -0.350 e. The molecule has 0 aliphatic rings. The number of nitrogens with one attached hydrogen (secondary N) is 2. The Balaban J connectivity index is 1.71. The number of hydrogen-bond acceptors (Lipinski definition) is 4. The topological polar surface area (TPSA) is 66.9 Å². The fourth-order valence-electron chi connectivity index (χ4n) is 2.48. The second kappa shape index (κ2) is 7.78. The van der Waals surface area contributed by atoms with E-state index in [4.69, 9.17) is 0 Å². The average molecular weight is 346 g/mol. The third-order valence-electron chi connectivity index (χ3n) is 3.97. The molecule has 3 aromatic rings. The lowest BCUT2D eigenvalue weighted by atomic mass is 10.1. The van der Waals surface area contributed by atoms with Crippen LogP contribution >= 0.6 is 0 Å². The molecule has 0 bridgehead atoms. The number of rotatable bonds is 5. The number of carbonyl (C=O) groups excluding carboxylic acids is 1. The van der Waals surface area contributed by atoms with Crippen LogP contribution in [0.2, 0.25) is 0 Å². The van der Waals surface area contributed by atoms with Crippen molar-refractivity contribution < 1.29 is 4.79 Å². The van der Waals surface area contributed by atoms with Gasteiger partial charge in [0.1, 0.15) is 5.69 Å². The molecule has 0 saturated heterocycles. The molecule has 1 heterocycles. The molecule has 0 radical (unpaired) electrons. The highest BCUT2D eigenvalue weighted by atomic mass is 16.1. The van der Waals surface area contributed by atoms with Gasteiger partial charge in [-0.25, -0.2) is 9.97 Å². The molecule has 1 aromatic heterocycles. The molecule has 132 valence electrons. The molecule has 5 heteroatoms. The summed E-state index contributed by atoms with van der Waals surface area (Å²) >= 11 is 0. The van der Waals surface area contributed by atoms with Gasteiger partial charge in [0.15, 0.2) is 0 Å². The van der Waals surface area contributed by atoms with Crippen LogP contribution in [0.25, 0.3) is 0 Å². The van der Waals surface area contributed by atoms with Gasteiger partial charge in [-0.3, -0.25) is 4.79 Å². The van der Waals surface area contributed by atoms with E-state index in [2.05, 4.69) is 51.8 Å². The maximum absolute atomic E-state index is 12.5. The van der Waals surface area contributed by atoms with E-state index in [1.807, 2.05) is 38.1 Å². The minimum absolute atomic E-state index is 0.252. The number of hydrogen-bond donors (Lipinski definition) is 2. The zero-order valence-corrected chi connectivity index (χ0v) is 15.2. The lowest BCUT2D eigenvalue weighted by Crippen LogP contribution is -2.16. The van der Waals surface area contributed by atoms with Crippen molar-refractivity contribution >= 4 is 17.5 Å². The molecule has 0 aliphatic carbocycles. The summed E-state index contributed by atoms with van der Waals surface area (Å²) in [4.78, 5) is 21.2. The highest BCUT2D eigenvalue weighted by molar-refractivity contribution is 6.03. The molecule has 26 heavy (non-hydrogen) atoms. The van der Waals surface area contributed by atoms with Crippen LogP contribution in [0.4, 0.5) is 11.6 Å². The molecule has 3 rings (SSSR count). The van der Waals surface area contributed by atoms with Gasteiger partial charge < -0.3 is 10.6 Å². The molecule has 0 atom stereocenters. The Morgan fingerprint density at radius 3 is 2.15 bits per heavy atom. The number of aromatic nitrogens is 2. The fourth-order valence-corrected chi connectivity index (χ4v) is 2.48. The maximum Gasteiger partial charge on any atom is 0.274 e. The summed E-state index contributed by atoms with van der Waals surface area (Å²) in [7, 11) is 0. The number of anilines is 2. The first-order chi connectivity index (χ1) is 12.5. The Kier molecular flexibility index (Phi) is 5.27. The Hall–Kier alpha value is -3.21.